The van der Waals surface area contributed by atoms with Gasteiger partial charge in [-0.25, -0.2) is 0 Å². The minimum absolute atomic E-state index is 0.000710. The van der Waals surface area contributed by atoms with Crippen LogP contribution in [0.2, 0.25) is 0 Å². The number of carbonyl (C=O) groups excluding carboxylic acids is 1. The lowest BCUT2D eigenvalue weighted by Gasteiger charge is -2.29. The van der Waals surface area contributed by atoms with Gasteiger partial charge in [0.1, 0.15) is 0 Å². The zero-order chi connectivity index (χ0) is 18.4. The Morgan fingerprint density at radius 1 is 1.32 bits per heavy atom. The molecule has 0 aliphatic carbocycles. The lowest BCUT2D eigenvalue weighted by Crippen LogP contribution is -2.38. The summed E-state index contributed by atoms with van der Waals surface area (Å²) in [5.74, 6) is 0.0375. The first-order valence-electron chi connectivity index (χ1n) is 9.49. The number of nitrogens with one attached hydrogen (secondary N) is 1. The maximum Gasteiger partial charge on any atom is 0.223 e. The predicted octanol–water partition coefficient (Wildman–Crippen LogP) is 3.73. The topological polar surface area (TPSA) is 58.6 Å². The first-order valence-corrected chi connectivity index (χ1v) is 9.49. The molecule has 0 bridgehead atoms. The molecule has 1 fully saturated rings. The minimum Gasteiger partial charge on any atom is -0.387 e. The number of amides is 1. The Hall–Kier alpha value is -1.39. The summed E-state index contributed by atoms with van der Waals surface area (Å²) in [5, 5.41) is 13.3. The van der Waals surface area contributed by atoms with E-state index in [4.69, 9.17) is 4.74 Å². The molecule has 1 aliphatic heterocycles. The summed E-state index contributed by atoms with van der Waals surface area (Å²) in [6.45, 7) is 9.53. The summed E-state index contributed by atoms with van der Waals surface area (Å²) in [7, 11) is 0. The van der Waals surface area contributed by atoms with Gasteiger partial charge in [0, 0.05) is 19.1 Å². The largest absolute Gasteiger partial charge is 0.387 e. The standard InChI is InChI=1S/C21H33NO3/c1-5-6-18-13-16(11-12-25-18)20(24)22-14-19(23)15-7-9-17(10-8-15)21(2,3)4/h7-10,16,18-19,23H,5-6,11-14H2,1-4H3,(H,22,24). The molecule has 4 nitrogen and oxygen atoms in total. The molecular formula is C21H33NO3. The Balaban J connectivity index is 1.84. The molecular weight excluding hydrogens is 314 g/mol. The minimum atomic E-state index is -0.677. The third-order valence-electron chi connectivity index (χ3n) is 4.98. The van der Waals surface area contributed by atoms with Crippen molar-refractivity contribution < 1.29 is 14.6 Å². The molecule has 3 unspecified atom stereocenters. The number of hydrogen-bond donors (Lipinski definition) is 2. The second-order valence-corrected chi connectivity index (χ2v) is 8.14. The summed E-state index contributed by atoms with van der Waals surface area (Å²) in [5.41, 5.74) is 2.16. The molecule has 1 heterocycles. The molecule has 2 N–H and O–H groups in total. The van der Waals surface area contributed by atoms with Gasteiger partial charge in [-0.1, -0.05) is 58.4 Å². The molecule has 0 spiro atoms. The number of ether oxygens (including phenoxy) is 1. The second kappa shape index (κ2) is 8.81. The van der Waals surface area contributed by atoms with Crippen molar-refractivity contribution in [1.82, 2.24) is 5.32 Å². The molecule has 1 aromatic rings. The average Bonchev–Trinajstić information content (AvgIpc) is 2.59. The van der Waals surface area contributed by atoms with Crippen LogP contribution in [0.15, 0.2) is 24.3 Å². The Morgan fingerprint density at radius 3 is 2.60 bits per heavy atom. The predicted molar refractivity (Wildman–Crippen MR) is 100 cm³/mol. The van der Waals surface area contributed by atoms with Crippen molar-refractivity contribution in [1.29, 1.82) is 0 Å². The third-order valence-corrected chi connectivity index (χ3v) is 4.98. The van der Waals surface area contributed by atoms with E-state index in [1.807, 2.05) is 24.3 Å². The Kier molecular flexibility index (Phi) is 7.03. The van der Waals surface area contributed by atoms with Crippen molar-refractivity contribution in [3.63, 3.8) is 0 Å². The van der Waals surface area contributed by atoms with E-state index in [9.17, 15) is 9.90 Å². The molecule has 25 heavy (non-hydrogen) atoms. The fourth-order valence-corrected chi connectivity index (χ4v) is 3.31. The number of benzene rings is 1. The molecule has 1 saturated heterocycles. The van der Waals surface area contributed by atoms with Crippen LogP contribution >= 0.6 is 0 Å². The summed E-state index contributed by atoms with van der Waals surface area (Å²) >= 11 is 0. The van der Waals surface area contributed by atoms with Gasteiger partial charge >= 0.3 is 0 Å². The van der Waals surface area contributed by atoms with E-state index in [0.717, 1.165) is 31.2 Å². The molecule has 1 aromatic carbocycles. The van der Waals surface area contributed by atoms with Gasteiger partial charge in [0.15, 0.2) is 0 Å². The van der Waals surface area contributed by atoms with Crippen LogP contribution < -0.4 is 5.32 Å². The van der Waals surface area contributed by atoms with Crippen molar-refractivity contribution in [2.75, 3.05) is 13.2 Å². The van der Waals surface area contributed by atoms with E-state index in [0.29, 0.717) is 6.61 Å². The van der Waals surface area contributed by atoms with Crippen LogP contribution in [0.1, 0.15) is 70.6 Å². The number of aliphatic hydroxyl groups is 1. The number of aliphatic hydroxyl groups excluding tert-OH is 1. The van der Waals surface area contributed by atoms with E-state index in [-0.39, 0.29) is 29.9 Å². The highest BCUT2D eigenvalue weighted by molar-refractivity contribution is 5.78. The smallest absolute Gasteiger partial charge is 0.223 e. The number of carbonyl (C=O) groups is 1. The number of rotatable bonds is 6. The summed E-state index contributed by atoms with van der Waals surface area (Å²) in [6.07, 6.45) is 3.15. The average molecular weight is 347 g/mol. The van der Waals surface area contributed by atoms with E-state index in [1.54, 1.807) is 0 Å². The first-order chi connectivity index (χ1) is 11.8. The molecule has 2 rings (SSSR count). The van der Waals surface area contributed by atoms with E-state index >= 15 is 0 Å². The zero-order valence-electron chi connectivity index (χ0n) is 16.0. The van der Waals surface area contributed by atoms with Crippen molar-refractivity contribution >= 4 is 5.91 Å². The van der Waals surface area contributed by atoms with Crippen LogP contribution in [0.3, 0.4) is 0 Å². The number of hydrogen-bond acceptors (Lipinski definition) is 3. The van der Waals surface area contributed by atoms with Gasteiger partial charge in [-0.2, -0.15) is 0 Å². The molecule has 140 valence electrons. The van der Waals surface area contributed by atoms with Crippen molar-refractivity contribution in [3.8, 4) is 0 Å². The van der Waals surface area contributed by atoms with Crippen LogP contribution in [-0.4, -0.2) is 30.3 Å². The van der Waals surface area contributed by atoms with Gasteiger partial charge in [-0.3, -0.25) is 4.79 Å². The molecule has 0 radical (unpaired) electrons. The highest BCUT2D eigenvalue weighted by Crippen LogP contribution is 2.25. The van der Waals surface area contributed by atoms with Crippen molar-refractivity contribution in [3.05, 3.63) is 35.4 Å². The normalized spacial score (nSPS) is 22.4. The highest BCUT2D eigenvalue weighted by atomic mass is 16.5. The lowest BCUT2D eigenvalue weighted by atomic mass is 9.86. The van der Waals surface area contributed by atoms with Crippen LogP contribution in [0, 0.1) is 5.92 Å². The fourth-order valence-electron chi connectivity index (χ4n) is 3.31. The Bertz CT molecular complexity index is 545. The van der Waals surface area contributed by atoms with Gasteiger partial charge in [0.25, 0.3) is 0 Å². The third kappa shape index (κ3) is 5.82. The summed E-state index contributed by atoms with van der Waals surface area (Å²) in [4.78, 5) is 12.4. The fraction of sp³-hybridized carbons (Fsp3) is 0.667. The van der Waals surface area contributed by atoms with Gasteiger partial charge in [0.2, 0.25) is 5.91 Å². The molecule has 1 aliphatic rings. The molecule has 0 saturated carbocycles. The first kappa shape index (κ1) is 19.9. The molecule has 0 aromatic heterocycles. The lowest BCUT2D eigenvalue weighted by molar-refractivity contribution is -0.130. The van der Waals surface area contributed by atoms with E-state index in [1.165, 1.54) is 5.56 Å². The SMILES string of the molecule is CCCC1CC(C(=O)NCC(O)c2ccc(C(C)(C)C)cc2)CCO1. The molecule has 4 heteroatoms. The van der Waals surface area contributed by atoms with E-state index in [2.05, 4.69) is 33.0 Å². The van der Waals surface area contributed by atoms with Gasteiger partial charge in [-0.15, -0.1) is 0 Å². The Labute approximate surface area is 152 Å². The zero-order valence-corrected chi connectivity index (χ0v) is 16.0. The van der Waals surface area contributed by atoms with Crippen LogP contribution in [-0.2, 0) is 14.9 Å². The van der Waals surface area contributed by atoms with Gasteiger partial charge < -0.3 is 15.2 Å². The van der Waals surface area contributed by atoms with Crippen molar-refractivity contribution in [2.45, 2.75) is 71.0 Å². The summed E-state index contributed by atoms with van der Waals surface area (Å²) < 4.78 is 5.70. The Morgan fingerprint density at radius 2 is 2.00 bits per heavy atom. The van der Waals surface area contributed by atoms with Crippen LogP contribution in [0.5, 0.6) is 0 Å². The van der Waals surface area contributed by atoms with Gasteiger partial charge in [-0.05, 0) is 35.8 Å². The second-order valence-electron chi connectivity index (χ2n) is 8.14. The van der Waals surface area contributed by atoms with Crippen LogP contribution in [0.4, 0.5) is 0 Å². The van der Waals surface area contributed by atoms with E-state index < -0.39 is 6.10 Å². The monoisotopic (exact) mass is 347 g/mol. The maximum absolute atomic E-state index is 12.4. The van der Waals surface area contributed by atoms with Crippen molar-refractivity contribution in [2.24, 2.45) is 5.92 Å². The highest BCUT2D eigenvalue weighted by Gasteiger charge is 2.27. The molecule has 1 amide bonds. The summed E-state index contributed by atoms with van der Waals surface area (Å²) in [6, 6.07) is 7.99. The van der Waals surface area contributed by atoms with Crippen LogP contribution in [0.25, 0.3) is 0 Å². The maximum atomic E-state index is 12.4. The molecule has 3 atom stereocenters. The quantitative estimate of drug-likeness (QED) is 0.824. The van der Waals surface area contributed by atoms with Gasteiger partial charge in [0.05, 0.1) is 12.2 Å².